The summed E-state index contributed by atoms with van der Waals surface area (Å²) in [7, 11) is -7.28. The molecule has 0 N–H and O–H groups in total. The van der Waals surface area contributed by atoms with E-state index in [0.29, 0.717) is 0 Å². The zero-order valence-electron chi connectivity index (χ0n) is 39.4. The summed E-state index contributed by atoms with van der Waals surface area (Å²) in [4.78, 5) is 0. The lowest BCUT2D eigenvalue weighted by Crippen LogP contribution is -2.76. The maximum absolute atomic E-state index is 7.35. The highest BCUT2D eigenvalue weighted by Gasteiger charge is 2.94. The van der Waals surface area contributed by atoms with E-state index in [9.17, 15) is 0 Å². The van der Waals surface area contributed by atoms with Crippen molar-refractivity contribution in [3.05, 3.63) is 0 Å². The molecule has 0 unspecified atom stereocenters. The molecule has 0 atom stereocenters. The van der Waals surface area contributed by atoms with Crippen molar-refractivity contribution in [3.63, 3.8) is 0 Å². The van der Waals surface area contributed by atoms with Crippen molar-refractivity contribution in [3.8, 4) is 0 Å². The van der Waals surface area contributed by atoms with Crippen LogP contribution in [-0.2, 0) is 55.9 Å². The molecule has 0 amide bonds. The molecule has 6 rings (SSSR count). The first-order valence-corrected chi connectivity index (χ1v) is 20.8. The Balaban J connectivity index is 1.85. The third kappa shape index (κ3) is 5.98. The minimum absolute atomic E-state index is 0.857. The van der Waals surface area contributed by atoms with Crippen molar-refractivity contribution < 1.29 is 55.9 Å². The van der Waals surface area contributed by atoms with Crippen LogP contribution in [0.3, 0.4) is 0 Å². The van der Waals surface area contributed by atoms with E-state index in [1.807, 2.05) is 166 Å². The van der Waals surface area contributed by atoms with Gasteiger partial charge in [-0.25, -0.2) is 0 Å². The Morgan fingerprint density at radius 1 is 0.179 bits per heavy atom. The molecule has 0 saturated carbocycles. The summed E-state index contributed by atoms with van der Waals surface area (Å²) in [5.74, 6) is 0. The van der Waals surface area contributed by atoms with Gasteiger partial charge in [-0.1, -0.05) is 0 Å². The van der Waals surface area contributed by atoms with E-state index in [4.69, 9.17) is 55.9 Å². The molecule has 56 heavy (non-hydrogen) atoms. The summed E-state index contributed by atoms with van der Waals surface area (Å²) in [6.45, 7) is 48.5. The fourth-order valence-corrected chi connectivity index (χ4v) is 8.12. The molecular weight excluding hydrogens is 713 g/mol. The smallest absolute Gasteiger partial charge is 0.404 e. The van der Waals surface area contributed by atoms with Crippen LogP contribution in [0.4, 0.5) is 0 Å². The largest absolute Gasteiger partial charge is 0.458 e. The molecule has 0 aliphatic carbocycles. The minimum Gasteiger partial charge on any atom is -0.404 e. The molecule has 18 heteroatoms. The SMILES string of the molecule is CC1(C)OB(C(B2OC(C)(C)C(C)(C)O2)(B2OC(C)(C)C(C)(C)O2)C(B2OC(C)(C)C(C)(C)O2)(B2OC(C)(C)C(C)(C)O2)B2OC(C)(C)C(C)(C)O2)OC1(C)C. The molecule has 314 valence electrons. The first kappa shape index (κ1) is 45.4. The molecule has 6 aliphatic heterocycles. The van der Waals surface area contributed by atoms with Crippen molar-refractivity contribution in [2.24, 2.45) is 0 Å². The molecule has 6 aliphatic rings. The van der Waals surface area contributed by atoms with Gasteiger partial charge in [-0.2, -0.15) is 0 Å². The van der Waals surface area contributed by atoms with Gasteiger partial charge in [0.15, 0.2) is 0 Å². The second-order valence-electron chi connectivity index (χ2n) is 23.4. The predicted octanol–water partition coefficient (Wildman–Crippen LogP) is 7.18. The van der Waals surface area contributed by atoms with Crippen molar-refractivity contribution in [2.45, 2.75) is 244 Å². The summed E-state index contributed by atoms with van der Waals surface area (Å²) in [6.07, 6.45) is 0. The fraction of sp³-hybridized carbons (Fsp3) is 1.00. The van der Waals surface area contributed by atoms with Crippen LogP contribution >= 0.6 is 0 Å². The van der Waals surface area contributed by atoms with E-state index >= 15 is 0 Å². The second-order valence-corrected chi connectivity index (χ2v) is 23.4. The Hall–Kier alpha value is -0.0904. The maximum atomic E-state index is 7.35. The molecule has 6 heterocycles. The van der Waals surface area contributed by atoms with Gasteiger partial charge in [0.1, 0.15) is 0 Å². The van der Waals surface area contributed by atoms with Gasteiger partial charge in [0.05, 0.1) is 77.4 Å². The van der Waals surface area contributed by atoms with Gasteiger partial charge in [0, 0.05) is 0 Å². The fourth-order valence-electron chi connectivity index (χ4n) is 8.12. The first-order chi connectivity index (χ1) is 24.6. The molecule has 6 saturated heterocycles. The molecule has 6 fully saturated rings. The molecule has 0 aromatic heterocycles. The highest BCUT2D eigenvalue weighted by molar-refractivity contribution is 7.03. The van der Waals surface area contributed by atoms with Gasteiger partial charge >= 0.3 is 42.7 Å². The highest BCUT2D eigenvalue weighted by Crippen LogP contribution is 2.73. The zero-order valence-corrected chi connectivity index (χ0v) is 39.4. The topological polar surface area (TPSA) is 111 Å². The van der Waals surface area contributed by atoms with Crippen LogP contribution in [0.15, 0.2) is 0 Å². The molecule has 0 aromatic rings. The quantitative estimate of drug-likeness (QED) is 0.244. The van der Waals surface area contributed by atoms with Gasteiger partial charge < -0.3 is 55.9 Å². The van der Waals surface area contributed by atoms with Crippen LogP contribution in [0, 0.1) is 0 Å². The van der Waals surface area contributed by atoms with Crippen molar-refractivity contribution in [1.82, 2.24) is 0 Å². The van der Waals surface area contributed by atoms with Crippen LogP contribution < -0.4 is 0 Å². The number of rotatable bonds is 7. The van der Waals surface area contributed by atoms with Gasteiger partial charge in [-0.3, -0.25) is 0 Å². The summed E-state index contributed by atoms with van der Waals surface area (Å²) >= 11 is 0. The lowest BCUT2D eigenvalue weighted by molar-refractivity contribution is 0.00578. The first-order valence-electron chi connectivity index (χ1n) is 20.8. The van der Waals surface area contributed by atoms with Gasteiger partial charge in [0.2, 0.25) is 0 Å². The Bertz CT molecular complexity index is 1190. The van der Waals surface area contributed by atoms with Gasteiger partial charge in [-0.15, -0.1) is 0 Å². The minimum atomic E-state index is -1.79. The Morgan fingerprint density at radius 2 is 0.250 bits per heavy atom. The molecular formula is C38H72B6O12. The third-order valence-corrected chi connectivity index (χ3v) is 16.6. The maximum Gasteiger partial charge on any atom is 0.458 e. The van der Waals surface area contributed by atoms with Crippen LogP contribution in [0.2, 0.25) is 10.2 Å². The van der Waals surface area contributed by atoms with E-state index in [2.05, 4.69) is 0 Å². The average Bonchev–Trinajstić information content (AvgIpc) is 3.62. The van der Waals surface area contributed by atoms with Crippen LogP contribution in [0.1, 0.15) is 166 Å². The molecule has 0 aromatic carbocycles. The van der Waals surface area contributed by atoms with Crippen molar-refractivity contribution >= 4 is 42.7 Å². The van der Waals surface area contributed by atoms with Gasteiger partial charge in [-0.05, 0) is 166 Å². The van der Waals surface area contributed by atoms with E-state index in [-0.39, 0.29) is 0 Å². The summed E-state index contributed by atoms with van der Waals surface area (Å²) in [5.41, 5.74) is -10.3. The highest BCUT2D eigenvalue weighted by atomic mass is 16.7. The molecule has 0 spiro atoms. The van der Waals surface area contributed by atoms with Crippen LogP contribution in [-0.4, -0.2) is 110 Å². The Morgan fingerprint density at radius 3 is 0.321 bits per heavy atom. The van der Waals surface area contributed by atoms with Crippen molar-refractivity contribution in [2.75, 3.05) is 0 Å². The van der Waals surface area contributed by atoms with Crippen molar-refractivity contribution in [1.29, 1.82) is 0 Å². The number of hydrogen-bond donors (Lipinski definition) is 0. The summed E-state index contributed by atoms with van der Waals surface area (Å²) < 4.78 is 88.2. The average molecular weight is 786 g/mol. The summed E-state index contributed by atoms with van der Waals surface area (Å²) in [6, 6.07) is 0. The zero-order chi connectivity index (χ0) is 42.9. The van der Waals surface area contributed by atoms with Gasteiger partial charge in [0.25, 0.3) is 0 Å². The third-order valence-electron chi connectivity index (χ3n) is 16.6. The standard InChI is InChI=1S/C38H72B6O12/c1-25(2)26(3,4)46-39(45-25)37(40-47-27(5,6)28(7,8)48-40,41-49-29(9,10)30(11,12)50-41)38(42-51-31(13,14)32(15,16)52-42,43-53-33(17,18)34(19,20)54-43)44-55-35(21,22)36(23,24)56-44/h1-24H3. The summed E-state index contributed by atoms with van der Waals surface area (Å²) in [5, 5.41) is -3.59. The molecule has 12 nitrogen and oxygen atoms in total. The molecule has 0 bridgehead atoms. The number of hydrogen-bond acceptors (Lipinski definition) is 12. The normalized spacial score (nSPS) is 32.6. The predicted molar refractivity (Wildman–Crippen MR) is 222 cm³/mol. The van der Waals surface area contributed by atoms with E-state index in [1.165, 1.54) is 0 Å². The van der Waals surface area contributed by atoms with Crippen LogP contribution in [0.25, 0.3) is 0 Å². The monoisotopic (exact) mass is 787 g/mol. The second kappa shape index (κ2) is 12.3. The Kier molecular flexibility index (Phi) is 9.98. The lowest BCUT2D eigenvalue weighted by Gasteiger charge is -2.53. The Labute approximate surface area is 341 Å². The lowest BCUT2D eigenvalue weighted by atomic mass is 9.01. The van der Waals surface area contributed by atoms with E-state index in [1.54, 1.807) is 0 Å². The van der Waals surface area contributed by atoms with E-state index < -0.39 is 120 Å². The van der Waals surface area contributed by atoms with Crippen LogP contribution in [0.5, 0.6) is 0 Å². The molecule has 0 radical (unpaired) electrons. The van der Waals surface area contributed by atoms with E-state index in [0.717, 1.165) is 0 Å².